The third-order valence-corrected chi connectivity index (χ3v) is 5.83. The van der Waals surface area contributed by atoms with E-state index in [9.17, 15) is 9.90 Å². The lowest BCUT2D eigenvalue weighted by Gasteiger charge is -2.36. The average Bonchev–Trinajstić information content (AvgIpc) is 3.19. The van der Waals surface area contributed by atoms with E-state index in [1.807, 2.05) is 6.92 Å². The van der Waals surface area contributed by atoms with Crippen LogP contribution in [0.2, 0.25) is 0 Å². The van der Waals surface area contributed by atoms with E-state index in [4.69, 9.17) is 9.47 Å². The SMILES string of the molecule is CCCCCCOc1nsnc1C1=CCC[N+](C)(COC(=O)C([NH3+])[C@H](O)CC)C1. The van der Waals surface area contributed by atoms with Gasteiger partial charge in [-0.2, -0.15) is 4.37 Å². The number of ether oxygens (including phenoxy) is 2. The van der Waals surface area contributed by atoms with Crippen molar-refractivity contribution in [2.24, 2.45) is 0 Å². The summed E-state index contributed by atoms with van der Waals surface area (Å²) in [5, 5.41) is 9.81. The largest absolute Gasteiger partial charge is 0.475 e. The summed E-state index contributed by atoms with van der Waals surface area (Å²) in [5.74, 6) is 0.147. The summed E-state index contributed by atoms with van der Waals surface area (Å²) in [5.41, 5.74) is 5.61. The number of rotatable bonds is 12. The second-order valence-corrected chi connectivity index (χ2v) is 8.55. The van der Waals surface area contributed by atoms with Gasteiger partial charge in [0.05, 0.1) is 31.9 Å². The van der Waals surface area contributed by atoms with Crippen LogP contribution in [0.4, 0.5) is 0 Å². The molecule has 2 heterocycles. The third-order valence-electron chi connectivity index (χ3n) is 5.31. The number of carbonyl (C=O) groups excluding carboxylic acids is 1. The lowest BCUT2D eigenvalue weighted by molar-refractivity contribution is -0.919. The van der Waals surface area contributed by atoms with Gasteiger partial charge in [-0.05, 0) is 12.8 Å². The van der Waals surface area contributed by atoms with Gasteiger partial charge in [0.15, 0.2) is 0 Å². The van der Waals surface area contributed by atoms with Crippen molar-refractivity contribution < 1.29 is 29.6 Å². The Morgan fingerprint density at radius 3 is 2.86 bits per heavy atom. The predicted molar refractivity (Wildman–Crippen MR) is 112 cm³/mol. The quantitative estimate of drug-likeness (QED) is 0.297. The molecule has 1 aromatic heterocycles. The maximum absolute atomic E-state index is 12.2. The minimum Gasteiger partial charge on any atom is -0.475 e. The number of quaternary nitrogens is 2. The predicted octanol–water partition coefficient (Wildman–Crippen LogP) is 1.61. The monoisotopic (exact) mass is 428 g/mol. The highest BCUT2D eigenvalue weighted by molar-refractivity contribution is 6.99. The standard InChI is InChI=1S/C20H35N4O4S/c1-4-6-7-8-12-27-19-18(22-29-23-19)15-10-9-11-24(3,13-15)14-28-20(26)17(21)16(25)5-2/h10,16-17,25H,4-9,11-14,21H2,1-3H3/q+1/p+1/t16-,17?,24?/m1/s1. The van der Waals surface area contributed by atoms with Gasteiger partial charge >= 0.3 is 5.97 Å². The highest BCUT2D eigenvalue weighted by Crippen LogP contribution is 2.30. The Balaban J connectivity index is 1.92. The van der Waals surface area contributed by atoms with E-state index < -0.39 is 18.1 Å². The number of aliphatic hydroxyl groups excluding tert-OH is 1. The fourth-order valence-electron chi connectivity index (χ4n) is 3.32. The molecule has 4 N–H and O–H groups in total. The van der Waals surface area contributed by atoms with E-state index in [2.05, 4.69) is 34.5 Å². The number of hydrogen-bond acceptors (Lipinski definition) is 7. The minimum absolute atomic E-state index is 0.239. The molecule has 3 atom stereocenters. The maximum atomic E-state index is 12.2. The van der Waals surface area contributed by atoms with Gasteiger partial charge in [0.25, 0.3) is 5.88 Å². The highest BCUT2D eigenvalue weighted by Gasteiger charge is 2.33. The lowest BCUT2D eigenvalue weighted by atomic mass is 10.1. The molecule has 0 saturated heterocycles. The molecule has 0 spiro atoms. The summed E-state index contributed by atoms with van der Waals surface area (Å²) in [6, 6.07) is -0.762. The molecule has 29 heavy (non-hydrogen) atoms. The zero-order valence-corrected chi connectivity index (χ0v) is 18.7. The van der Waals surface area contributed by atoms with Crippen LogP contribution >= 0.6 is 11.7 Å². The van der Waals surface area contributed by atoms with E-state index in [0.717, 1.165) is 48.8 Å². The van der Waals surface area contributed by atoms with Crippen molar-refractivity contribution >= 4 is 23.3 Å². The fraction of sp³-hybridized carbons (Fsp3) is 0.750. The van der Waals surface area contributed by atoms with Crippen LogP contribution in [-0.2, 0) is 9.53 Å². The van der Waals surface area contributed by atoms with E-state index in [-0.39, 0.29) is 6.73 Å². The van der Waals surface area contributed by atoms with E-state index in [1.54, 1.807) is 0 Å². The zero-order valence-electron chi connectivity index (χ0n) is 17.9. The smallest absolute Gasteiger partial charge is 0.371 e. The third kappa shape index (κ3) is 7.02. The van der Waals surface area contributed by atoms with Crippen molar-refractivity contribution in [2.45, 2.75) is 64.5 Å². The molecule has 164 valence electrons. The molecule has 0 saturated carbocycles. The second kappa shape index (κ2) is 11.6. The molecule has 1 aliphatic rings. The lowest BCUT2D eigenvalue weighted by Crippen LogP contribution is -2.70. The number of unbranched alkanes of at least 4 members (excludes halogenated alkanes) is 3. The maximum Gasteiger partial charge on any atom is 0.371 e. The van der Waals surface area contributed by atoms with Crippen LogP contribution in [0.15, 0.2) is 6.08 Å². The Morgan fingerprint density at radius 1 is 1.34 bits per heavy atom. The molecular weight excluding hydrogens is 392 g/mol. The minimum atomic E-state index is -0.775. The topological polar surface area (TPSA) is 109 Å². The number of esters is 1. The van der Waals surface area contributed by atoms with Crippen molar-refractivity contribution in [2.75, 3.05) is 33.5 Å². The van der Waals surface area contributed by atoms with Crippen LogP contribution in [0.25, 0.3) is 5.57 Å². The van der Waals surface area contributed by atoms with Crippen LogP contribution in [0.5, 0.6) is 5.88 Å². The second-order valence-electron chi connectivity index (χ2n) is 8.02. The number of aromatic nitrogens is 2. The molecule has 0 amide bonds. The summed E-state index contributed by atoms with van der Waals surface area (Å²) in [4.78, 5) is 12.2. The molecule has 0 fully saturated rings. The Kier molecular flexibility index (Phi) is 9.48. The van der Waals surface area contributed by atoms with Gasteiger partial charge in [0, 0.05) is 12.0 Å². The van der Waals surface area contributed by atoms with Crippen LogP contribution in [0.3, 0.4) is 0 Å². The molecule has 2 rings (SSSR count). The normalized spacial score (nSPS) is 21.3. The van der Waals surface area contributed by atoms with E-state index >= 15 is 0 Å². The number of carbonyl (C=O) groups is 1. The van der Waals surface area contributed by atoms with Gasteiger partial charge < -0.3 is 20.3 Å². The average molecular weight is 429 g/mol. The summed E-state index contributed by atoms with van der Waals surface area (Å²) in [6.07, 6.45) is 7.33. The summed E-state index contributed by atoms with van der Waals surface area (Å²) >= 11 is 1.16. The highest BCUT2D eigenvalue weighted by atomic mass is 32.1. The summed E-state index contributed by atoms with van der Waals surface area (Å²) in [7, 11) is 2.06. The number of aliphatic hydroxyl groups is 1. The van der Waals surface area contributed by atoms with Crippen molar-refractivity contribution in [3.8, 4) is 5.88 Å². The molecule has 1 aromatic rings. The Morgan fingerprint density at radius 2 is 2.14 bits per heavy atom. The fourth-order valence-corrected chi connectivity index (χ4v) is 3.86. The molecule has 9 heteroatoms. The van der Waals surface area contributed by atoms with Gasteiger partial charge in [-0.3, -0.25) is 4.48 Å². The molecule has 0 bridgehead atoms. The molecule has 2 unspecified atom stereocenters. The van der Waals surface area contributed by atoms with Crippen molar-refractivity contribution in [1.82, 2.24) is 8.75 Å². The van der Waals surface area contributed by atoms with Gasteiger partial charge in [-0.1, -0.05) is 39.2 Å². The van der Waals surface area contributed by atoms with Crippen molar-refractivity contribution in [3.05, 3.63) is 11.8 Å². The Labute approximate surface area is 177 Å². The molecule has 0 aromatic carbocycles. The molecule has 0 aliphatic carbocycles. The van der Waals surface area contributed by atoms with Crippen molar-refractivity contribution in [1.29, 1.82) is 0 Å². The van der Waals surface area contributed by atoms with Crippen molar-refractivity contribution in [3.63, 3.8) is 0 Å². The molecule has 1 aliphatic heterocycles. The van der Waals surface area contributed by atoms with Crippen LogP contribution in [0, 0.1) is 0 Å². The van der Waals surface area contributed by atoms with Gasteiger partial charge in [-0.25, -0.2) is 4.79 Å². The summed E-state index contributed by atoms with van der Waals surface area (Å²) < 4.78 is 20.7. The van der Waals surface area contributed by atoms with E-state index in [0.29, 0.717) is 29.9 Å². The first-order valence-corrected chi connectivity index (χ1v) is 11.3. The van der Waals surface area contributed by atoms with Gasteiger partial charge in [0.2, 0.25) is 12.8 Å². The molecular formula is C20H36N4O4S+2. The van der Waals surface area contributed by atoms with Crippen LogP contribution in [-0.4, -0.2) is 69.9 Å². The summed E-state index contributed by atoms with van der Waals surface area (Å²) in [6.45, 7) is 6.44. The first-order chi connectivity index (χ1) is 13.9. The van der Waals surface area contributed by atoms with E-state index in [1.165, 1.54) is 12.8 Å². The van der Waals surface area contributed by atoms with Gasteiger partial charge in [-0.15, -0.1) is 4.37 Å². The van der Waals surface area contributed by atoms with Crippen LogP contribution in [0.1, 0.15) is 58.1 Å². The number of hydrogen-bond donors (Lipinski definition) is 2. The molecule has 0 radical (unpaired) electrons. The first-order valence-electron chi connectivity index (χ1n) is 10.6. The number of nitrogens with zero attached hydrogens (tertiary/aromatic N) is 3. The Hall–Kier alpha value is -1.55. The number of likely N-dealkylation sites (N-methyl/N-ethyl adjacent to an activating group) is 1. The Bertz CT molecular complexity index is 681. The molecule has 8 nitrogen and oxygen atoms in total. The first kappa shape index (κ1) is 23.7. The van der Waals surface area contributed by atoms with Crippen LogP contribution < -0.4 is 10.5 Å². The zero-order chi connectivity index (χ0) is 21.3. The van der Waals surface area contributed by atoms with Gasteiger partial charge in [0.1, 0.15) is 18.3 Å².